The minimum Gasteiger partial charge on any atom is -0.508 e. The Labute approximate surface area is 123 Å². The van der Waals surface area contributed by atoms with E-state index in [0.29, 0.717) is 11.1 Å². The molecule has 0 unspecified atom stereocenters. The Bertz CT molecular complexity index is 539. The van der Waals surface area contributed by atoms with E-state index in [2.05, 4.69) is 5.32 Å². The summed E-state index contributed by atoms with van der Waals surface area (Å²) < 4.78 is 0. The Morgan fingerprint density at radius 2 is 2.05 bits per heavy atom. The summed E-state index contributed by atoms with van der Waals surface area (Å²) in [6.07, 6.45) is 1.60. The van der Waals surface area contributed by atoms with Crippen LogP contribution in [0, 0.1) is 6.92 Å². The monoisotopic (exact) mass is 291 g/mol. The van der Waals surface area contributed by atoms with Gasteiger partial charge >= 0.3 is 0 Å². The van der Waals surface area contributed by atoms with Crippen LogP contribution in [0.15, 0.2) is 18.2 Å². The van der Waals surface area contributed by atoms with Gasteiger partial charge in [-0.3, -0.25) is 9.59 Å². The number of primary amides is 1. The molecule has 6 heteroatoms. The Morgan fingerprint density at radius 1 is 1.38 bits per heavy atom. The minimum atomic E-state index is -0.516. The van der Waals surface area contributed by atoms with E-state index >= 15 is 0 Å². The van der Waals surface area contributed by atoms with Crippen molar-refractivity contribution in [2.45, 2.75) is 25.8 Å². The summed E-state index contributed by atoms with van der Waals surface area (Å²) in [5, 5.41) is 12.8. The van der Waals surface area contributed by atoms with Gasteiger partial charge in [0.05, 0.1) is 6.54 Å². The normalized spacial score (nSPS) is 15.7. The second-order valence-corrected chi connectivity index (χ2v) is 5.38. The lowest BCUT2D eigenvalue weighted by Gasteiger charge is -2.34. The lowest BCUT2D eigenvalue weighted by molar-refractivity contribution is -0.119. The number of amides is 2. The third kappa shape index (κ3) is 3.72. The molecule has 2 amide bonds. The molecular formula is C15H21N3O3. The third-order valence-electron chi connectivity index (χ3n) is 3.78. The number of nitrogens with zero attached hydrogens (tertiary/aromatic N) is 1. The van der Waals surface area contributed by atoms with Crippen molar-refractivity contribution < 1.29 is 14.7 Å². The van der Waals surface area contributed by atoms with Crippen molar-refractivity contribution in [2.24, 2.45) is 5.73 Å². The number of nitrogens with two attached hydrogens (primary N) is 1. The molecular weight excluding hydrogens is 270 g/mol. The highest BCUT2D eigenvalue weighted by Gasteiger charge is 2.27. The zero-order valence-electron chi connectivity index (χ0n) is 12.1. The molecule has 0 atom stereocenters. The summed E-state index contributed by atoms with van der Waals surface area (Å²) in [6, 6.07) is 4.71. The number of hydrogen-bond acceptors (Lipinski definition) is 4. The molecule has 1 aliphatic rings. The van der Waals surface area contributed by atoms with Crippen molar-refractivity contribution in [3.63, 3.8) is 0 Å². The van der Waals surface area contributed by atoms with Crippen LogP contribution in [0.3, 0.4) is 0 Å². The van der Waals surface area contributed by atoms with Crippen molar-refractivity contribution in [1.29, 1.82) is 0 Å². The van der Waals surface area contributed by atoms with E-state index in [1.807, 2.05) is 0 Å². The van der Waals surface area contributed by atoms with Crippen LogP contribution in [-0.4, -0.2) is 47.5 Å². The standard InChI is InChI=1S/C15H21N3O3/c1-10-8-11(2-3-13(10)19)15(21)18(9-14(16)20)12-4-6-17-7-5-12/h2-3,8,12,17,19H,4-7,9H2,1H3,(H2,16,20). The predicted molar refractivity (Wildman–Crippen MR) is 79.0 cm³/mol. The average molecular weight is 291 g/mol. The number of piperidine rings is 1. The molecule has 1 aromatic rings. The van der Waals surface area contributed by atoms with Crippen LogP contribution in [0.1, 0.15) is 28.8 Å². The molecule has 1 aliphatic heterocycles. The first kappa shape index (κ1) is 15.3. The number of carbonyl (C=O) groups excluding carboxylic acids is 2. The molecule has 1 fully saturated rings. The van der Waals surface area contributed by atoms with E-state index in [-0.39, 0.29) is 24.2 Å². The van der Waals surface area contributed by atoms with Gasteiger partial charge in [-0.2, -0.15) is 0 Å². The molecule has 0 spiro atoms. The van der Waals surface area contributed by atoms with E-state index in [0.717, 1.165) is 25.9 Å². The quantitative estimate of drug-likeness (QED) is 0.747. The maximum absolute atomic E-state index is 12.7. The minimum absolute atomic E-state index is 0.0142. The summed E-state index contributed by atoms with van der Waals surface area (Å²) in [4.78, 5) is 25.5. The number of hydrogen-bond donors (Lipinski definition) is 3. The van der Waals surface area contributed by atoms with Gasteiger partial charge in [0.25, 0.3) is 5.91 Å². The zero-order valence-corrected chi connectivity index (χ0v) is 12.1. The van der Waals surface area contributed by atoms with Gasteiger partial charge in [-0.25, -0.2) is 0 Å². The van der Waals surface area contributed by atoms with E-state index in [1.54, 1.807) is 24.0 Å². The Hall–Kier alpha value is -2.08. The number of carbonyl (C=O) groups is 2. The van der Waals surface area contributed by atoms with Crippen LogP contribution < -0.4 is 11.1 Å². The first-order valence-electron chi connectivity index (χ1n) is 7.08. The van der Waals surface area contributed by atoms with Crippen molar-refractivity contribution in [1.82, 2.24) is 10.2 Å². The van der Waals surface area contributed by atoms with Crippen molar-refractivity contribution in [2.75, 3.05) is 19.6 Å². The van der Waals surface area contributed by atoms with Gasteiger partial charge in [-0.15, -0.1) is 0 Å². The summed E-state index contributed by atoms with van der Waals surface area (Å²) in [5.41, 5.74) is 6.37. The van der Waals surface area contributed by atoms with Crippen molar-refractivity contribution in [3.8, 4) is 5.75 Å². The third-order valence-corrected chi connectivity index (χ3v) is 3.78. The molecule has 1 saturated heterocycles. The Kier molecular flexibility index (Phi) is 4.80. The topological polar surface area (TPSA) is 95.7 Å². The first-order valence-corrected chi connectivity index (χ1v) is 7.08. The maximum Gasteiger partial charge on any atom is 0.254 e. The summed E-state index contributed by atoms with van der Waals surface area (Å²) >= 11 is 0. The van der Waals surface area contributed by atoms with E-state index in [1.165, 1.54) is 6.07 Å². The molecule has 0 saturated carbocycles. The molecule has 0 aliphatic carbocycles. The average Bonchev–Trinajstić information content (AvgIpc) is 2.47. The van der Waals surface area contributed by atoms with E-state index in [9.17, 15) is 14.7 Å². The molecule has 0 radical (unpaired) electrons. The number of rotatable bonds is 4. The lowest BCUT2D eigenvalue weighted by Crippen LogP contribution is -2.49. The number of phenols is 1. The fraction of sp³-hybridized carbons (Fsp3) is 0.467. The largest absolute Gasteiger partial charge is 0.508 e. The van der Waals surface area contributed by atoms with Gasteiger partial charge in [-0.05, 0) is 56.6 Å². The van der Waals surface area contributed by atoms with Crippen LogP contribution in [-0.2, 0) is 4.79 Å². The Morgan fingerprint density at radius 3 is 2.62 bits per heavy atom. The summed E-state index contributed by atoms with van der Waals surface area (Å²) in [7, 11) is 0. The number of phenolic OH excluding ortho intramolecular Hbond substituents is 1. The van der Waals surface area contributed by atoms with Gasteiger partial charge in [0, 0.05) is 11.6 Å². The highest BCUT2D eigenvalue weighted by molar-refractivity contribution is 5.96. The van der Waals surface area contributed by atoms with Crippen LogP contribution >= 0.6 is 0 Å². The highest BCUT2D eigenvalue weighted by atomic mass is 16.3. The molecule has 6 nitrogen and oxygen atoms in total. The van der Waals surface area contributed by atoms with Crippen molar-refractivity contribution in [3.05, 3.63) is 29.3 Å². The Balaban J connectivity index is 2.23. The number of aryl methyl sites for hydroxylation is 1. The molecule has 114 valence electrons. The van der Waals surface area contributed by atoms with Gasteiger partial charge in [0.1, 0.15) is 5.75 Å². The second kappa shape index (κ2) is 6.58. The van der Waals surface area contributed by atoms with Gasteiger partial charge < -0.3 is 21.1 Å². The van der Waals surface area contributed by atoms with Gasteiger partial charge in [0.15, 0.2) is 0 Å². The molecule has 1 heterocycles. The molecule has 4 N–H and O–H groups in total. The number of benzene rings is 1. The van der Waals surface area contributed by atoms with Crippen LogP contribution in [0.5, 0.6) is 5.75 Å². The summed E-state index contributed by atoms with van der Waals surface area (Å²) in [6.45, 7) is 3.29. The van der Waals surface area contributed by atoms with E-state index in [4.69, 9.17) is 5.73 Å². The molecule has 21 heavy (non-hydrogen) atoms. The molecule has 0 bridgehead atoms. The zero-order chi connectivity index (χ0) is 15.4. The predicted octanol–water partition coefficient (Wildman–Crippen LogP) is 0.380. The molecule has 1 aromatic carbocycles. The van der Waals surface area contributed by atoms with Gasteiger partial charge in [0.2, 0.25) is 5.91 Å². The fourth-order valence-corrected chi connectivity index (χ4v) is 2.61. The molecule has 2 rings (SSSR count). The maximum atomic E-state index is 12.7. The van der Waals surface area contributed by atoms with Crippen LogP contribution in [0.25, 0.3) is 0 Å². The van der Waals surface area contributed by atoms with Gasteiger partial charge in [-0.1, -0.05) is 0 Å². The van der Waals surface area contributed by atoms with E-state index < -0.39 is 5.91 Å². The number of aromatic hydroxyl groups is 1. The fourth-order valence-electron chi connectivity index (χ4n) is 2.61. The summed E-state index contributed by atoms with van der Waals surface area (Å²) in [5.74, 6) is -0.587. The SMILES string of the molecule is Cc1cc(C(=O)N(CC(N)=O)C2CCNCC2)ccc1O. The number of nitrogens with one attached hydrogen (secondary N) is 1. The van der Waals surface area contributed by atoms with Crippen molar-refractivity contribution >= 4 is 11.8 Å². The molecule has 0 aromatic heterocycles. The first-order chi connectivity index (χ1) is 9.99. The lowest BCUT2D eigenvalue weighted by atomic mass is 10.0. The smallest absolute Gasteiger partial charge is 0.254 e. The highest BCUT2D eigenvalue weighted by Crippen LogP contribution is 2.20. The second-order valence-electron chi connectivity index (χ2n) is 5.38. The van der Waals surface area contributed by atoms with Crippen LogP contribution in [0.4, 0.5) is 0 Å². The van der Waals surface area contributed by atoms with Crippen LogP contribution in [0.2, 0.25) is 0 Å².